The van der Waals surface area contributed by atoms with Crippen LogP contribution in [0.5, 0.6) is 17.2 Å². The maximum Gasteiger partial charge on any atom is 0.466 e. The fourth-order valence-corrected chi connectivity index (χ4v) is 1.87. The van der Waals surface area contributed by atoms with Crippen molar-refractivity contribution in [2.45, 2.75) is 0 Å². The topological polar surface area (TPSA) is 107 Å². The summed E-state index contributed by atoms with van der Waals surface area (Å²) in [5, 5.41) is 10.9. The lowest BCUT2D eigenvalue weighted by Gasteiger charge is -2.09. The molecule has 0 heterocycles. The maximum atomic E-state index is 9.62. The fraction of sp³-hybridized carbons (Fsp3) is 0. The first kappa shape index (κ1) is 19.1. The summed E-state index contributed by atoms with van der Waals surface area (Å²) in [6.07, 6.45) is 0. The molecule has 4 N–H and O–H groups in total. The second-order valence-corrected chi connectivity index (χ2v) is 6.11. The predicted molar refractivity (Wildman–Crippen MR) is 83.9 cm³/mol. The lowest BCUT2D eigenvalue weighted by atomic mass is 10.3. The summed E-state index contributed by atoms with van der Waals surface area (Å²) in [6.45, 7) is 0. The monoisotopic (exact) mass is 386 g/mol. The molecular weight excluding hydrogens is 377 g/mol. The van der Waals surface area contributed by atoms with E-state index in [9.17, 15) is 5.11 Å². The van der Waals surface area contributed by atoms with E-state index in [0.29, 0.717) is 20.8 Å². The summed E-state index contributed by atoms with van der Waals surface area (Å²) in [6, 6.07) is 9.39. The Kier molecular flexibility index (Phi) is 6.97. The molecule has 0 amide bonds. The van der Waals surface area contributed by atoms with Gasteiger partial charge < -0.3 is 24.5 Å². The first-order valence-electron chi connectivity index (χ1n) is 5.46. The number of aromatic hydroxyl groups is 1. The molecule has 6 nitrogen and oxygen atoms in total. The Bertz CT molecular complexity index is 645. The molecule has 10 heteroatoms. The Morgan fingerprint density at radius 2 is 1.32 bits per heavy atom. The molecule has 0 aromatic heterocycles. The zero-order valence-corrected chi connectivity index (χ0v) is 13.8. The number of hydrogen-bond donors (Lipinski definition) is 4. The lowest BCUT2D eigenvalue weighted by molar-refractivity contribution is 0.275. The van der Waals surface area contributed by atoms with E-state index in [1.165, 1.54) is 6.07 Å². The first-order chi connectivity index (χ1) is 10.1. The minimum Gasteiger partial charge on any atom is -0.504 e. The summed E-state index contributed by atoms with van der Waals surface area (Å²) in [5.74, 6) is 0.635. The van der Waals surface area contributed by atoms with Crippen molar-refractivity contribution >= 4 is 42.6 Å². The summed E-state index contributed by atoms with van der Waals surface area (Å²) in [5.41, 5.74) is 0. The minimum absolute atomic E-state index is 0.0523. The van der Waals surface area contributed by atoms with E-state index < -0.39 is 7.82 Å². The van der Waals surface area contributed by atoms with Gasteiger partial charge >= 0.3 is 7.82 Å². The van der Waals surface area contributed by atoms with Crippen molar-refractivity contribution in [3.8, 4) is 17.2 Å². The van der Waals surface area contributed by atoms with Gasteiger partial charge in [-0.1, -0.05) is 34.8 Å². The van der Waals surface area contributed by atoms with Gasteiger partial charge in [-0.3, -0.25) is 0 Å². The number of phosphoric acid groups is 1. The molecule has 120 valence electrons. The van der Waals surface area contributed by atoms with Crippen LogP contribution in [0.1, 0.15) is 0 Å². The van der Waals surface area contributed by atoms with Crippen LogP contribution in [0.25, 0.3) is 0 Å². The molecule has 0 saturated carbocycles. The van der Waals surface area contributed by atoms with Crippen LogP contribution in [0, 0.1) is 0 Å². The van der Waals surface area contributed by atoms with Gasteiger partial charge in [0.2, 0.25) is 0 Å². The number of halogens is 3. The average molecular weight is 388 g/mol. The molecule has 0 fully saturated rings. The first-order valence-corrected chi connectivity index (χ1v) is 8.16. The standard InChI is InChI=1S/C12H7Cl3O2.H3O4P/c13-7-1-3-11(9(15)5-7)17-12-4-2-8(14)6-10(12)16;1-5(2,3)4/h1-6,16H;(H3,1,2,3,4). The summed E-state index contributed by atoms with van der Waals surface area (Å²) in [4.78, 5) is 21.6. The van der Waals surface area contributed by atoms with E-state index in [4.69, 9.17) is 58.8 Å². The number of hydrogen-bond acceptors (Lipinski definition) is 3. The Labute approximate surface area is 140 Å². The quantitative estimate of drug-likeness (QED) is 0.575. The summed E-state index contributed by atoms with van der Waals surface area (Å²) < 4.78 is 14.3. The number of ether oxygens (including phenoxy) is 1. The van der Waals surface area contributed by atoms with Gasteiger partial charge in [0, 0.05) is 16.1 Å². The van der Waals surface area contributed by atoms with Gasteiger partial charge in [0.05, 0.1) is 5.02 Å². The van der Waals surface area contributed by atoms with Crippen LogP contribution >= 0.6 is 42.6 Å². The van der Waals surface area contributed by atoms with Crippen molar-refractivity contribution in [2.24, 2.45) is 0 Å². The van der Waals surface area contributed by atoms with Crippen molar-refractivity contribution < 1.29 is 29.1 Å². The third kappa shape index (κ3) is 7.33. The molecular formula is C12H10Cl3O6P. The van der Waals surface area contributed by atoms with Crippen LogP contribution < -0.4 is 4.74 Å². The Morgan fingerprint density at radius 1 is 0.864 bits per heavy atom. The Morgan fingerprint density at radius 3 is 1.77 bits per heavy atom. The molecule has 22 heavy (non-hydrogen) atoms. The van der Waals surface area contributed by atoms with Gasteiger partial charge in [-0.2, -0.15) is 0 Å². The zero-order valence-electron chi connectivity index (χ0n) is 10.7. The van der Waals surface area contributed by atoms with Crippen molar-refractivity contribution in [1.82, 2.24) is 0 Å². The highest BCUT2D eigenvalue weighted by Gasteiger charge is 2.08. The number of phenolic OH excluding ortho intramolecular Hbond substituents is 1. The highest BCUT2D eigenvalue weighted by molar-refractivity contribution is 7.45. The zero-order chi connectivity index (χ0) is 16.9. The molecule has 0 spiro atoms. The summed E-state index contributed by atoms with van der Waals surface area (Å²) >= 11 is 17.4. The molecule has 0 bridgehead atoms. The molecule has 0 aliphatic carbocycles. The maximum absolute atomic E-state index is 9.62. The van der Waals surface area contributed by atoms with Crippen LogP contribution in [0.2, 0.25) is 15.1 Å². The van der Waals surface area contributed by atoms with Gasteiger partial charge in [-0.05, 0) is 30.3 Å². The molecule has 0 saturated heterocycles. The average Bonchev–Trinajstić information content (AvgIpc) is 2.33. The minimum atomic E-state index is -4.64. The normalized spacial score (nSPS) is 10.6. The predicted octanol–water partition coefficient (Wildman–Crippen LogP) is 4.22. The van der Waals surface area contributed by atoms with Crippen molar-refractivity contribution in [2.75, 3.05) is 0 Å². The van der Waals surface area contributed by atoms with Gasteiger partial charge in [-0.15, -0.1) is 0 Å². The number of benzene rings is 2. The smallest absolute Gasteiger partial charge is 0.466 e. The van der Waals surface area contributed by atoms with Crippen LogP contribution in [0.3, 0.4) is 0 Å². The van der Waals surface area contributed by atoms with Crippen LogP contribution in [-0.2, 0) is 4.57 Å². The highest BCUT2D eigenvalue weighted by atomic mass is 35.5. The summed E-state index contributed by atoms with van der Waals surface area (Å²) in [7, 11) is -4.64. The van der Waals surface area contributed by atoms with E-state index in [2.05, 4.69) is 0 Å². The second-order valence-electron chi connectivity index (χ2n) is 3.80. The van der Waals surface area contributed by atoms with Crippen LogP contribution in [0.4, 0.5) is 0 Å². The van der Waals surface area contributed by atoms with Crippen molar-refractivity contribution in [1.29, 1.82) is 0 Å². The van der Waals surface area contributed by atoms with E-state index in [1.54, 1.807) is 30.3 Å². The molecule has 2 aromatic rings. The molecule has 0 radical (unpaired) electrons. The van der Waals surface area contributed by atoms with Crippen molar-refractivity contribution in [3.63, 3.8) is 0 Å². The SMILES string of the molecule is O=P(O)(O)O.Oc1cc(Cl)ccc1Oc1ccc(Cl)cc1Cl. The number of rotatable bonds is 2. The van der Waals surface area contributed by atoms with Gasteiger partial charge in [0.1, 0.15) is 5.75 Å². The van der Waals surface area contributed by atoms with Crippen molar-refractivity contribution in [3.05, 3.63) is 51.5 Å². The molecule has 0 aliphatic heterocycles. The molecule has 0 atom stereocenters. The van der Waals surface area contributed by atoms with Gasteiger partial charge in [-0.25, -0.2) is 4.57 Å². The Hall–Kier alpha value is -0.980. The molecule has 2 aromatic carbocycles. The van der Waals surface area contributed by atoms with Crippen LogP contribution in [-0.4, -0.2) is 19.8 Å². The second kappa shape index (κ2) is 8.04. The van der Waals surface area contributed by atoms with Crippen LogP contribution in [0.15, 0.2) is 36.4 Å². The fourth-order valence-electron chi connectivity index (χ4n) is 1.25. The highest BCUT2D eigenvalue weighted by Crippen LogP contribution is 2.36. The van der Waals surface area contributed by atoms with E-state index in [0.717, 1.165) is 0 Å². The van der Waals surface area contributed by atoms with E-state index in [-0.39, 0.29) is 11.5 Å². The third-order valence-corrected chi connectivity index (χ3v) is 2.80. The van der Waals surface area contributed by atoms with E-state index in [1.807, 2.05) is 0 Å². The van der Waals surface area contributed by atoms with Gasteiger partial charge in [0.25, 0.3) is 0 Å². The number of phenols is 1. The van der Waals surface area contributed by atoms with E-state index >= 15 is 0 Å². The molecule has 0 unspecified atom stereocenters. The molecule has 2 rings (SSSR count). The molecule has 0 aliphatic rings. The van der Waals surface area contributed by atoms with Gasteiger partial charge in [0.15, 0.2) is 11.5 Å². The Balaban J connectivity index is 0.000000422. The third-order valence-electron chi connectivity index (χ3n) is 2.03. The largest absolute Gasteiger partial charge is 0.504 e. The lowest BCUT2D eigenvalue weighted by Crippen LogP contribution is -1.86.